The molecule has 1 aliphatic carbocycles. The zero-order valence-corrected chi connectivity index (χ0v) is 11.1. The molecule has 7 heteroatoms. The number of aromatic nitrogens is 1. The molecule has 7 nitrogen and oxygen atoms in total. The summed E-state index contributed by atoms with van der Waals surface area (Å²) in [4.78, 5) is 26.4. The lowest BCUT2D eigenvalue weighted by atomic mass is 10.2. The molecule has 0 bridgehead atoms. The number of nitrogens with two attached hydrogens (primary N) is 1. The summed E-state index contributed by atoms with van der Waals surface area (Å²) >= 11 is 0. The molecule has 1 aromatic rings. The van der Waals surface area contributed by atoms with Gasteiger partial charge in [0.2, 0.25) is 5.91 Å². The summed E-state index contributed by atoms with van der Waals surface area (Å²) in [5.74, 6) is -0.582. The number of anilines is 2. The third-order valence-electron chi connectivity index (χ3n) is 2.99. The quantitative estimate of drug-likeness (QED) is 0.549. The van der Waals surface area contributed by atoms with Gasteiger partial charge in [0.1, 0.15) is 5.82 Å². The zero-order valence-electron chi connectivity index (χ0n) is 11.1. The van der Waals surface area contributed by atoms with Gasteiger partial charge in [0.25, 0.3) is 0 Å². The van der Waals surface area contributed by atoms with Crippen molar-refractivity contribution in [2.75, 3.05) is 17.6 Å². The number of carbonyl (C=O) groups excluding carboxylic acids is 1. The van der Waals surface area contributed by atoms with E-state index in [2.05, 4.69) is 15.6 Å². The van der Waals surface area contributed by atoms with E-state index in [4.69, 9.17) is 10.8 Å². The molecule has 0 unspecified atom stereocenters. The van der Waals surface area contributed by atoms with Crippen LogP contribution >= 0.6 is 0 Å². The Kier molecular flexibility index (Phi) is 4.39. The van der Waals surface area contributed by atoms with Crippen molar-refractivity contribution in [3.8, 4) is 0 Å². The van der Waals surface area contributed by atoms with Gasteiger partial charge in [-0.05, 0) is 25.3 Å². The molecule has 5 N–H and O–H groups in total. The van der Waals surface area contributed by atoms with Crippen molar-refractivity contribution >= 4 is 23.4 Å². The minimum atomic E-state index is -1.09. The fraction of sp³-hybridized carbons (Fsp3) is 0.462. The molecule has 0 radical (unpaired) electrons. The normalized spacial score (nSPS) is 13.8. The van der Waals surface area contributed by atoms with Crippen LogP contribution in [-0.2, 0) is 4.79 Å². The van der Waals surface area contributed by atoms with Crippen molar-refractivity contribution in [2.24, 2.45) is 0 Å². The summed E-state index contributed by atoms with van der Waals surface area (Å²) < 4.78 is 0. The molecule has 0 saturated heterocycles. The Morgan fingerprint density at radius 2 is 2.20 bits per heavy atom. The molecule has 1 amide bonds. The van der Waals surface area contributed by atoms with Gasteiger partial charge < -0.3 is 21.5 Å². The number of nitrogen functional groups attached to an aromatic ring is 1. The van der Waals surface area contributed by atoms with Gasteiger partial charge in [-0.15, -0.1) is 0 Å². The van der Waals surface area contributed by atoms with E-state index in [1.807, 2.05) is 0 Å². The second-order valence-electron chi connectivity index (χ2n) is 4.83. The summed E-state index contributed by atoms with van der Waals surface area (Å²) in [6, 6.07) is 1.77. The fourth-order valence-electron chi connectivity index (χ4n) is 1.74. The first kappa shape index (κ1) is 14.1. The molecule has 0 atom stereocenters. The largest absolute Gasteiger partial charge is 0.478 e. The number of amides is 1. The van der Waals surface area contributed by atoms with Crippen LogP contribution in [0.4, 0.5) is 11.5 Å². The predicted octanol–water partition coefficient (Wildman–Crippen LogP) is 0.833. The van der Waals surface area contributed by atoms with Crippen molar-refractivity contribution < 1.29 is 14.7 Å². The third kappa shape index (κ3) is 4.11. The van der Waals surface area contributed by atoms with Crippen LogP contribution in [0.15, 0.2) is 12.3 Å². The van der Waals surface area contributed by atoms with Crippen LogP contribution in [-0.4, -0.2) is 34.6 Å². The molecule has 0 spiro atoms. The topological polar surface area (TPSA) is 117 Å². The highest BCUT2D eigenvalue weighted by Gasteiger charge is 2.22. The summed E-state index contributed by atoms with van der Waals surface area (Å²) in [6.45, 7) is 0.550. The monoisotopic (exact) mass is 278 g/mol. The summed E-state index contributed by atoms with van der Waals surface area (Å²) in [5.41, 5.74) is 5.67. The summed E-state index contributed by atoms with van der Waals surface area (Å²) in [5, 5.41) is 14.8. The van der Waals surface area contributed by atoms with Gasteiger partial charge in [-0.3, -0.25) is 4.79 Å². The molecule has 1 fully saturated rings. The van der Waals surface area contributed by atoms with Crippen LogP contribution in [0.2, 0.25) is 0 Å². The van der Waals surface area contributed by atoms with Crippen molar-refractivity contribution in [1.29, 1.82) is 0 Å². The number of hydrogen-bond donors (Lipinski definition) is 4. The Balaban J connectivity index is 1.74. The minimum Gasteiger partial charge on any atom is -0.478 e. The van der Waals surface area contributed by atoms with Crippen LogP contribution < -0.4 is 16.4 Å². The van der Waals surface area contributed by atoms with Crippen molar-refractivity contribution in [3.63, 3.8) is 0 Å². The molecule has 0 aromatic carbocycles. The Morgan fingerprint density at radius 1 is 1.45 bits per heavy atom. The van der Waals surface area contributed by atoms with Gasteiger partial charge in [0.05, 0.1) is 17.4 Å². The standard InChI is InChI=1S/C13H18N4O3/c14-10-7-16-11(6-9(10)13(19)20)15-5-1-2-12(18)17-8-3-4-8/h6-8H,1-5,14H2,(H,15,16)(H,17,18)(H,19,20). The molecular weight excluding hydrogens is 260 g/mol. The lowest BCUT2D eigenvalue weighted by Gasteiger charge is -2.08. The lowest BCUT2D eigenvalue weighted by Crippen LogP contribution is -2.25. The maximum absolute atomic E-state index is 11.4. The molecule has 108 valence electrons. The number of carbonyl (C=O) groups is 2. The van der Waals surface area contributed by atoms with Crippen molar-refractivity contribution in [3.05, 3.63) is 17.8 Å². The van der Waals surface area contributed by atoms with Gasteiger partial charge in [-0.25, -0.2) is 9.78 Å². The predicted molar refractivity (Wildman–Crippen MR) is 74.5 cm³/mol. The number of carboxylic acids is 1. The molecule has 2 rings (SSSR count). The van der Waals surface area contributed by atoms with E-state index in [0.717, 1.165) is 12.8 Å². The van der Waals surface area contributed by atoms with Crippen molar-refractivity contribution in [1.82, 2.24) is 10.3 Å². The Hall–Kier alpha value is -2.31. The second kappa shape index (κ2) is 6.23. The number of nitrogens with one attached hydrogen (secondary N) is 2. The van der Waals surface area contributed by atoms with Crippen LogP contribution in [0.25, 0.3) is 0 Å². The number of pyridine rings is 1. The summed E-state index contributed by atoms with van der Waals surface area (Å²) in [7, 11) is 0. The average Bonchev–Trinajstić information content (AvgIpc) is 3.20. The van der Waals surface area contributed by atoms with Crippen LogP contribution in [0.3, 0.4) is 0 Å². The van der Waals surface area contributed by atoms with Crippen molar-refractivity contribution in [2.45, 2.75) is 31.7 Å². The van der Waals surface area contributed by atoms with E-state index in [0.29, 0.717) is 31.2 Å². The Labute approximate surface area is 116 Å². The highest BCUT2D eigenvalue weighted by molar-refractivity contribution is 5.94. The maximum atomic E-state index is 11.4. The Bertz CT molecular complexity index is 514. The molecule has 1 aliphatic rings. The highest BCUT2D eigenvalue weighted by atomic mass is 16.4. The number of aromatic carboxylic acids is 1. The average molecular weight is 278 g/mol. The number of hydrogen-bond acceptors (Lipinski definition) is 5. The smallest absolute Gasteiger partial charge is 0.337 e. The number of rotatable bonds is 7. The molecule has 1 heterocycles. The van der Waals surface area contributed by atoms with Gasteiger partial charge in [0, 0.05) is 19.0 Å². The minimum absolute atomic E-state index is 0.0222. The van der Waals surface area contributed by atoms with Gasteiger partial charge in [-0.1, -0.05) is 0 Å². The Morgan fingerprint density at radius 3 is 2.85 bits per heavy atom. The van der Waals surface area contributed by atoms with Gasteiger partial charge in [0.15, 0.2) is 0 Å². The molecule has 1 saturated carbocycles. The second-order valence-corrected chi connectivity index (χ2v) is 4.83. The fourth-order valence-corrected chi connectivity index (χ4v) is 1.74. The maximum Gasteiger partial charge on any atom is 0.337 e. The van der Waals surface area contributed by atoms with E-state index in [1.54, 1.807) is 0 Å². The first-order chi connectivity index (χ1) is 9.56. The first-order valence-electron chi connectivity index (χ1n) is 6.58. The van der Waals surface area contributed by atoms with E-state index in [1.165, 1.54) is 12.3 Å². The number of carboxylic acid groups (broad SMARTS) is 1. The first-order valence-corrected chi connectivity index (χ1v) is 6.58. The number of nitrogens with zero attached hydrogens (tertiary/aromatic N) is 1. The lowest BCUT2D eigenvalue weighted by molar-refractivity contribution is -0.121. The van der Waals surface area contributed by atoms with Gasteiger partial charge >= 0.3 is 5.97 Å². The van der Waals surface area contributed by atoms with Gasteiger partial charge in [-0.2, -0.15) is 0 Å². The molecule has 0 aliphatic heterocycles. The van der Waals surface area contributed by atoms with E-state index in [9.17, 15) is 9.59 Å². The van der Waals surface area contributed by atoms with Crippen LogP contribution in [0.1, 0.15) is 36.0 Å². The third-order valence-corrected chi connectivity index (χ3v) is 2.99. The summed E-state index contributed by atoms with van der Waals surface area (Å²) in [6.07, 6.45) is 4.58. The van der Waals surface area contributed by atoms with E-state index in [-0.39, 0.29) is 17.2 Å². The highest BCUT2D eigenvalue weighted by Crippen LogP contribution is 2.18. The van der Waals surface area contributed by atoms with E-state index >= 15 is 0 Å². The SMILES string of the molecule is Nc1cnc(NCCCC(=O)NC2CC2)cc1C(=O)O. The van der Waals surface area contributed by atoms with Crippen LogP contribution in [0, 0.1) is 0 Å². The molecule has 1 aromatic heterocycles. The van der Waals surface area contributed by atoms with E-state index < -0.39 is 5.97 Å². The molecule has 20 heavy (non-hydrogen) atoms. The molecular formula is C13H18N4O3. The zero-order chi connectivity index (χ0) is 14.5. The van der Waals surface area contributed by atoms with Crippen LogP contribution in [0.5, 0.6) is 0 Å².